The molecule has 0 saturated carbocycles. The maximum absolute atomic E-state index is 13.0. The van der Waals surface area contributed by atoms with Gasteiger partial charge in [0.1, 0.15) is 16.5 Å². The van der Waals surface area contributed by atoms with Crippen LogP contribution in [0.15, 0.2) is 88.2 Å². The van der Waals surface area contributed by atoms with E-state index in [4.69, 9.17) is 4.74 Å². The fourth-order valence-corrected chi connectivity index (χ4v) is 5.03. The Hall–Kier alpha value is -3.63. The lowest BCUT2D eigenvalue weighted by atomic mass is 10.3. The van der Waals surface area contributed by atoms with Crippen molar-refractivity contribution >= 4 is 54.8 Å². The second-order valence-corrected chi connectivity index (χ2v) is 10.1. The van der Waals surface area contributed by atoms with Gasteiger partial charge in [0.2, 0.25) is 5.95 Å². The van der Waals surface area contributed by atoms with Crippen LogP contribution in [-0.4, -0.2) is 25.0 Å². The second-order valence-electron chi connectivity index (χ2n) is 7.54. The molecule has 0 aliphatic rings. The van der Waals surface area contributed by atoms with Gasteiger partial charge in [0.05, 0.1) is 6.61 Å². The molecule has 0 aliphatic carbocycles. The van der Waals surface area contributed by atoms with Crippen molar-refractivity contribution in [2.24, 2.45) is 0 Å². The van der Waals surface area contributed by atoms with E-state index < -0.39 is 10.0 Å². The molecule has 0 radical (unpaired) electrons. The first-order valence-corrected chi connectivity index (χ1v) is 13.1. The van der Waals surface area contributed by atoms with E-state index in [9.17, 15) is 8.42 Å². The molecule has 1 aromatic heterocycles. The molecule has 0 aliphatic heterocycles. The SMILES string of the molecule is CCOc1ccc(Br)cc1S(=O)(=O)Nc1ccc(Nc2nc(C)cc(Nc3ccccc3)n2)cc1. The van der Waals surface area contributed by atoms with Gasteiger partial charge < -0.3 is 15.4 Å². The van der Waals surface area contributed by atoms with Crippen molar-refractivity contribution in [3.63, 3.8) is 0 Å². The first-order valence-electron chi connectivity index (χ1n) is 10.8. The number of hydrogen-bond acceptors (Lipinski definition) is 7. The fraction of sp³-hybridized carbons (Fsp3) is 0.120. The van der Waals surface area contributed by atoms with Gasteiger partial charge in [-0.1, -0.05) is 34.1 Å². The largest absolute Gasteiger partial charge is 0.492 e. The van der Waals surface area contributed by atoms with Crippen LogP contribution in [0.25, 0.3) is 0 Å². The van der Waals surface area contributed by atoms with Gasteiger partial charge in [-0.2, -0.15) is 4.98 Å². The summed E-state index contributed by atoms with van der Waals surface area (Å²) in [5.41, 5.74) is 2.84. The van der Waals surface area contributed by atoms with E-state index in [1.807, 2.05) is 43.3 Å². The van der Waals surface area contributed by atoms with E-state index in [-0.39, 0.29) is 10.6 Å². The Morgan fingerprint density at radius 2 is 1.54 bits per heavy atom. The first-order chi connectivity index (χ1) is 16.8. The topological polar surface area (TPSA) is 105 Å². The Balaban J connectivity index is 1.49. The molecule has 3 N–H and O–H groups in total. The summed E-state index contributed by atoms with van der Waals surface area (Å²) in [7, 11) is -3.86. The Morgan fingerprint density at radius 1 is 0.857 bits per heavy atom. The molecule has 35 heavy (non-hydrogen) atoms. The van der Waals surface area contributed by atoms with Crippen molar-refractivity contribution in [2.45, 2.75) is 18.7 Å². The van der Waals surface area contributed by atoms with Crippen LogP contribution >= 0.6 is 15.9 Å². The average molecular weight is 554 g/mol. The van der Waals surface area contributed by atoms with Crippen LogP contribution in [0.1, 0.15) is 12.6 Å². The lowest BCUT2D eigenvalue weighted by Crippen LogP contribution is -2.14. The van der Waals surface area contributed by atoms with Gasteiger partial charge in [-0.25, -0.2) is 13.4 Å². The molecule has 0 bridgehead atoms. The number of hydrogen-bond donors (Lipinski definition) is 3. The minimum Gasteiger partial charge on any atom is -0.492 e. The van der Waals surface area contributed by atoms with Crippen molar-refractivity contribution in [3.8, 4) is 5.75 Å². The standard InChI is InChI=1S/C25H24BrN5O3S/c1-3-34-22-14-9-18(26)16-23(22)35(32,33)31-21-12-10-20(11-13-21)29-25-27-17(2)15-24(30-25)28-19-7-5-4-6-8-19/h4-16,31H,3H2,1-2H3,(H2,27,28,29,30). The Labute approximate surface area is 213 Å². The van der Waals surface area contributed by atoms with Gasteiger partial charge in [-0.15, -0.1) is 0 Å². The minimum atomic E-state index is -3.86. The molecule has 180 valence electrons. The van der Waals surface area contributed by atoms with Crippen LogP contribution < -0.4 is 20.1 Å². The van der Waals surface area contributed by atoms with Crippen LogP contribution in [-0.2, 0) is 10.0 Å². The predicted octanol–water partition coefficient (Wildman–Crippen LogP) is 6.23. The van der Waals surface area contributed by atoms with Crippen molar-refractivity contribution in [3.05, 3.63) is 89.0 Å². The summed E-state index contributed by atoms with van der Waals surface area (Å²) < 4.78 is 34.7. The number of aryl methyl sites for hydroxylation is 1. The van der Waals surface area contributed by atoms with Crippen molar-refractivity contribution < 1.29 is 13.2 Å². The predicted molar refractivity (Wildman–Crippen MR) is 142 cm³/mol. The molecular formula is C25H24BrN5O3S. The van der Waals surface area contributed by atoms with Crippen LogP contribution in [0.4, 0.5) is 28.8 Å². The summed E-state index contributed by atoms with van der Waals surface area (Å²) in [5, 5.41) is 6.42. The van der Waals surface area contributed by atoms with Gasteiger partial charge in [0.15, 0.2) is 0 Å². The zero-order chi connectivity index (χ0) is 24.8. The van der Waals surface area contributed by atoms with E-state index in [0.29, 0.717) is 34.2 Å². The highest BCUT2D eigenvalue weighted by Crippen LogP contribution is 2.30. The Kier molecular flexibility index (Phi) is 7.52. The second kappa shape index (κ2) is 10.7. The van der Waals surface area contributed by atoms with E-state index in [0.717, 1.165) is 11.4 Å². The van der Waals surface area contributed by atoms with E-state index in [1.165, 1.54) is 6.07 Å². The maximum atomic E-state index is 13.0. The normalized spacial score (nSPS) is 11.1. The van der Waals surface area contributed by atoms with Gasteiger partial charge >= 0.3 is 0 Å². The van der Waals surface area contributed by atoms with Crippen molar-refractivity contribution in [1.29, 1.82) is 0 Å². The monoisotopic (exact) mass is 553 g/mol. The summed E-state index contributed by atoms with van der Waals surface area (Å²) >= 11 is 3.32. The van der Waals surface area contributed by atoms with Gasteiger partial charge in [-0.3, -0.25) is 4.72 Å². The van der Waals surface area contributed by atoms with Crippen LogP contribution in [0.3, 0.4) is 0 Å². The van der Waals surface area contributed by atoms with Crippen LogP contribution in [0.2, 0.25) is 0 Å². The number of sulfonamides is 1. The zero-order valence-electron chi connectivity index (χ0n) is 19.1. The van der Waals surface area contributed by atoms with Crippen LogP contribution in [0.5, 0.6) is 5.75 Å². The first kappa shape index (κ1) is 24.5. The zero-order valence-corrected chi connectivity index (χ0v) is 21.5. The summed E-state index contributed by atoms with van der Waals surface area (Å²) in [6.07, 6.45) is 0. The molecule has 0 unspecified atom stereocenters. The van der Waals surface area contributed by atoms with E-state index in [2.05, 4.69) is 41.3 Å². The molecule has 10 heteroatoms. The summed E-state index contributed by atoms with van der Waals surface area (Å²) in [6.45, 7) is 4.05. The minimum absolute atomic E-state index is 0.0579. The van der Waals surface area contributed by atoms with Crippen LogP contribution in [0, 0.1) is 6.92 Å². The average Bonchev–Trinajstić information content (AvgIpc) is 2.82. The molecule has 0 saturated heterocycles. The van der Waals surface area contributed by atoms with Crippen molar-refractivity contribution in [2.75, 3.05) is 22.0 Å². The lowest BCUT2D eigenvalue weighted by molar-refractivity contribution is 0.331. The number of halogens is 1. The summed E-state index contributed by atoms with van der Waals surface area (Å²) in [5.74, 6) is 1.37. The highest BCUT2D eigenvalue weighted by atomic mass is 79.9. The Morgan fingerprint density at radius 3 is 2.26 bits per heavy atom. The fourth-order valence-electron chi connectivity index (χ4n) is 3.29. The number of benzene rings is 3. The molecule has 8 nitrogen and oxygen atoms in total. The molecular weight excluding hydrogens is 530 g/mol. The third kappa shape index (κ3) is 6.49. The molecule has 3 aromatic carbocycles. The van der Waals surface area contributed by atoms with Gasteiger partial charge in [0, 0.05) is 33.3 Å². The third-order valence-corrected chi connectivity index (χ3v) is 6.68. The number of aromatic nitrogens is 2. The molecule has 4 rings (SSSR count). The third-order valence-electron chi connectivity index (χ3n) is 4.79. The quantitative estimate of drug-likeness (QED) is 0.225. The maximum Gasteiger partial charge on any atom is 0.265 e. The highest BCUT2D eigenvalue weighted by molar-refractivity contribution is 9.10. The molecule has 0 atom stereocenters. The smallest absolute Gasteiger partial charge is 0.265 e. The summed E-state index contributed by atoms with van der Waals surface area (Å²) in [4.78, 5) is 9.01. The number of nitrogens with zero attached hydrogens (tertiary/aromatic N) is 2. The molecule has 0 amide bonds. The van der Waals surface area contributed by atoms with Gasteiger partial charge in [-0.05, 0) is 68.4 Å². The number of anilines is 5. The number of para-hydroxylation sites is 1. The van der Waals surface area contributed by atoms with Gasteiger partial charge in [0.25, 0.3) is 10.0 Å². The molecule has 1 heterocycles. The summed E-state index contributed by atoms with van der Waals surface area (Å²) in [6, 6.07) is 23.3. The molecule has 0 spiro atoms. The number of rotatable bonds is 9. The lowest BCUT2D eigenvalue weighted by Gasteiger charge is -2.14. The van der Waals surface area contributed by atoms with E-state index >= 15 is 0 Å². The number of ether oxygens (including phenoxy) is 1. The molecule has 4 aromatic rings. The molecule has 0 fully saturated rings. The highest BCUT2D eigenvalue weighted by Gasteiger charge is 2.20. The van der Waals surface area contributed by atoms with E-state index in [1.54, 1.807) is 43.3 Å². The number of nitrogens with one attached hydrogen (secondary N) is 3. The van der Waals surface area contributed by atoms with Crippen molar-refractivity contribution in [1.82, 2.24) is 9.97 Å². The Bertz CT molecular complexity index is 1420.